The van der Waals surface area contributed by atoms with Gasteiger partial charge in [-0.05, 0) is 37.3 Å². The molecule has 158 valence electrons. The summed E-state index contributed by atoms with van der Waals surface area (Å²) in [5, 5.41) is 5.49. The van der Waals surface area contributed by atoms with Gasteiger partial charge < -0.3 is 19.2 Å². The number of anilines is 1. The van der Waals surface area contributed by atoms with Crippen molar-refractivity contribution in [2.24, 2.45) is 0 Å². The number of hydrogen-bond donors (Lipinski definition) is 1. The molecule has 0 saturated heterocycles. The average molecular weight is 442 g/mol. The maximum atomic E-state index is 13.0. The molecule has 11 heteroatoms. The van der Waals surface area contributed by atoms with Gasteiger partial charge in [0.15, 0.2) is 5.69 Å². The zero-order valence-electron chi connectivity index (χ0n) is 15.5. The minimum absolute atomic E-state index is 0.0160. The van der Waals surface area contributed by atoms with Crippen LogP contribution in [0.5, 0.6) is 0 Å². The van der Waals surface area contributed by atoms with Gasteiger partial charge in [0.1, 0.15) is 18.1 Å². The highest BCUT2D eigenvalue weighted by molar-refractivity contribution is 6.31. The van der Waals surface area contributed by atoms with Crippen LogP contribution in [0.2, 0.25) is 5.02 Å². The number of aromatic nitrogens is 1. The summed E-state index contributed by atoms with van der Waals surface area (Å²) in [6.45, 7) is 1.08. The number of amides is 2. The van der Waals surface area contributed by atoms with E-state index in [0.717, 1.165) is 17.0 Å². The third-order valence-corrected chi connectivity index (χ3v) is 4.28. The van der Waals surface area contributed by atoms with Gasteiger partial charge in [-0.3, -0.25) is 9.59 Å². The topological polar surface area (TPSA) is 88.6 Å². The predicted molar refractivity (Wildman–Crippen MR) is 99.8 cm³/mol. The van der Waals surface area contributed by atoms with Gasteiger partial charge in [0, 0.05) is 11.8 Å². The van der Waals surface area contributed by atoms with Crippen molar-refractivity contribution in [2.45, 2.75) is 19.6 Å². The maximum Gasteiger partial charge on any atom is 0.417 e. The molecule has 1 N–H and O–H groups in total. The van der Waals surface area contributed by atoms with Crippen LogP contribution in [0.15, 0.2) is 51.6 Å². The van der Waals surface area contributed by atoms with E-state index in [1.807, 2.05) is 0 Å². The molecule has 0 aliphatic carbocycles. The van der Waals surface area contributed by atoms with E-state index in [2.05, 4.69) is 10.5 Å². The number of furan rings is 1. The van der Waals surface area contributed by atoms with Crippen LogP contribution in [0.3, 0.4) is 0 Å². The number of alkyl halides is 3. The number of carbonyl (C=O) groups is 2. The Hall–Kier alpha value is -3.27. The molecular weight excluding hydrogens is 427 g/mol. The lowest BCUT2D eigenvalue weighted by Crippen LogP contribution is -2.37. The summed E-state index contributed by atoms with van der Waals surface area (Å²) in [5.74, 6) is -0.514. The Bertz CT molecular complexity index is 1050. The van der Waals surface area contributed by atoms with Crippen LogP contribution in [0, 0.1) is 6.92 Å². The smallest absolute Gasteiger partial charge is 0.417 e. The summed E-state index contributed by atoms with van der Waals surface area (Å²) in [6.07, 6.45) is -3.27. The molecule has 0 spiro atoms. The van der Waals surface area contributed by atoms with E-state index < -0.39 is 35.1 Å². The first-order chi connectivity index (χ1) is 14.1. The number of hydrogen-bond acceptors (Lipinski definition) is 5. The number of rotatable bonds is 6. The zero-order valence-corrected chi connectivity index (χ0v) is 16.3. The summed E-state index contributed by atoms with van der Waals surface area (Å²) in [5.41, 5.74) is -1.21. The molecule has 2 heterocycles. The average Bonchev–Trinajstić information content (AvgIpc) is 3.33. The van der Waals surface area contributed by atoms with Crippen molar-refractivity contribution in [3.63, 3.8) is 0 Å². The molecule has 2 aromatic heterocycles. The normalized spacial score (nSPS) is 11.4. The second-order valence-electron chi connectivity index (χ2n) is 6.30. The standard InChI is InChI=1S/C19H15ClF3N3O4/c1-11-7-16(25-30-11)18(28)26(9-13-3-2-6-29-13)10-17(27)24-12-4-5-15(20)14(8-12)19(21,22)23/h2-8H,9-10H2,1H3,(H,24,27). The lowest BCUT2D eigenvalue weighted by Gasteiger charge is -2.20. The van der Waals surface area contributed by atoms with E-state index >= 15 is 0 Å². The van der Waals surface area contributed by atoms with Crippen LogP contribution in [0.25, 0.3) is 0 Å². The monoisotopic (exact) mass is 441 g/mol. The molecule has 0 aliphatic heterocycles. The summed E-state index contributed by atoms with van der Waals surface area (Å²) >= 11 is 5.58. The fraction of sp³-hybridized carbons (Fsp3) is 0.211. The Morgan fingerprint density at radius 2 is 2.00 bits per heavy atom. The van der Waals surface area contributed by atoms with E-state index in [0.29, 0.717) is 11.5 Å². The predicted octanol–water partition coefficient (Wildman–Crippen LogP) is 4.53. The van der Waals surface area contributed by atoms with Crippen molar-refractivity contribution in [2.75, 3.05) is 11.9 Å². The van der Waals surface area contributed by atoms with Gasteiger partial charge in [-0.2, -0.15) is 13.2 Å². The third kappa shape index (κ3) is 5.20. The molecule has 0 unspecified atom stereocenters. The molecule has 2 amide bonds. The van der Waals surface area contributed by atoms with Crippen LogP contribution < -0.4 is 5.32 Å². The number of halogens is 4. The highest BCUT2D eigenvalue weighted by atomic mass is 35.5. The maximum absolute atomic E-state index is 13.0. The van der Waals surface area contributed by atoms with E-state index in [9.17, 15) is 22.8 Å². The number of carbonyl (C=O) groups excluding carboxylic acids is 2. The summed E-state index contributed by atoms with van der Waals surface area (Å²) in [6, 6.07) is 7.62. The van der Waals surface area contributed by atoms with E-state index in [1.54, 1.807) is 19.1 Å². The molecule has 0 aliphatic rings. The van der Waals surface area contributed by atoms with Gasteiger partial charge in [0.05, 0.1) is 23.4 Å². The minimum Gasteiger partial charge on any atom is -0.467 e. The van der Waals surface area contributed by atoms with Gasteiger partial charge in [0.25, 0.3) is 5.91 Å². The molecule has 0 saturated carbocycles. The molecule has 0 bridgehead atoms. The van der Waals surface area contributed by atoms with Gasteiger partial charge >= 0.3 is 6.18 Å². The molecule has 3 aromatic rings. The highest BCUT2D eigenvalue weighted by Gasteiger charge is 2.33. The first kappa shape index (κ1) is 21.4. The molecule has 1 aromatic carbocycles. The molecule has 30 heavy (non-hydrogen) atoms. The van der Waals surface area contributed by atoms with Gasteiger partial charge in [-0.25, -0.2) is 0 Å². The fourth-order valence-corrected chi connectivity index (χ4v) is 2.84. The van der Waals surface area contributed by atoms with Gasteiger partial charge in [-0.15, -0.1) is 0 Å². The zero-order chi connectivity index (χ0) is 21.9. The second-order valence-corrected chi connectivity index (χ2v) is 6.71. The first-order valence-corrected chi connectivity index (χ1v) is 8.93. The first-order valence-electron chi connectivity index (χ1n) is 8.55. The Morgan fingerprint density at radius 1 is 1.23 bits per heavy atom. The fourth-order valence-electron chi connectivity index (χ4n) is 2.61. The lowest BCUT2D eigenvalue weighted by molar-refractivity contribution is -0.137. The Kier molecular flexibility index (Phi) is 6.16. The van der Waals surface area contributed by atoms with Crippen LogP contribution >= 0.6 is 11.6 Å². The number of aryl methyl sites for hydroxylation is 1. The van der Waals surface area contributed by atoms with E-state index in [1.165, 1.54) is 18.4 Å². The highest BCUT2D eigenvalue weighted by Crippen LogP contribution is 2.36. The van der Waals surface area contributed by atoms with Crippen molar-refractivity contribution in [3.8, 4) is 0 Å². The molecule has 0 atom stereocenters. The van der Waals surface area contributed by atoms with Crippen molar-refractivity contribution in [1.82, 2.24) is 10.1 Å². The van der Waals surface area contributed by atoms with Crippen LogP contribution in [-0.2, 0) is 17.5 Å². The number of nitrogens with one attached hydrogen (secondary N) is 1. The summed E-state index contributed by atoms with van der Waals surface area (Å²) in [7, 11) is 0. The second kappa shape index (κ2) is 8.62. The van der Waals surface area contributed by atoms with Crippen molar-refractivity contribution in [3.05, 3.63) is 70.5 Å². The van der Waals surface area contributed by atoms with Crippen molar-refractivity contribution < 1.29 is 31.7 Å². The van der Waals surface area contributed by atoms with E-state index in [4.69, 9.17) is 20.5 Å². The molecule has 0 fully saturated rings. The third-order valence-electron chi connectivity index (χ3n) is 3.95. The molecule has 3 rings (SSSR count). The Labute approximate surface area is 173 Å². The van der Waals surface area contributed by atoms with Crippen molar-refractivity contribution >= 4 is 29.1 Å². The molecule has 0 radical (unpaired) electrons. The number of benzene rings is 1. The summed E-state index contributed by atoms with van der Waals surface area (Å²) in [4.78, 5) is 26.3. The SMILES string of the molecule is Cc1cc(C(=O)N(CC(=O)Nc2ccc(Cl)c(C(F)(F)F)c2)Cc2ccco2)no1. The largest absolute Gasteiger partial charge is 0.467 e. The molecular formula is C19H15ClF3N3O4. The summed E-state index contributed by atoms with van der Waals surface area (Å²) < 4.78 is 49.1. The Morgan fingerprint density at radius 3 is 2.60 bits per heavy atom. The van der Waals surface area contributed by atoms with Gasteiger partial charge in [-0.1, -0.05) is 16.8 Å². The van der Waals surface area contributed by atoms with Crippen LogP contribution in [-0.4, -0.2) is 28.4 Å². The number of nitrogens with zero attached hydrogens (tertiary/aromatic N) is 2. The Balaban J connectivity index is 1.77. The minimum atomic E-state index is -4.68. The van der Waals surface area contributed by atoms with Crippen molar-refractivity contribution in [1.29, 1.82) is 0 Å². The van der Waals surface area contributed by atoms with Crippen LogP contribution in [0.1, 0.15) is 27.6 Å². The molecule has 7 nitrogen and oxygen atoms in total. The van der Waals surface area contributed by atoms with Gasteiger partial charge in [0.2, 0.25) is 5.91 Å². The van der Waals surface area contributed by atoms with Crippen LogP contribution in [0.4, 0.5) is 18.9 Å². The quantitative estimate of drug-likeness (QED) is 0.607. The van der Waals surface area contributed by atoms with E-state index in [-0.39, 0.29) is 17.9 Å². The lowest BCUT2D eigenvalue weighted by atomic mass is 10.2.